The first-order valence-electron chi connectivity index (χ1n) is 13.4. The highest BCUT2D eigenvalue weighted by Crippen LogP contribution is 2.41. The van der Waals surface area contributed by atoms with Gasteiger partial charge in [0, 0.05) is 16.9 Å². The van der Waals surface area contributed by atoms with E-state index in [4.69, 9.17) is 0 Å². The minimum Gasteiger partial charge on any atom is -0.310 e. The summed E-state index contributed by atoms with van der Waals surface area (Å²) >= 11 is 0. The maximum atomic E-state index is 3.71. The lowest BCUT2D eigenvalue weighted by molar-refractivity contribution is 1.24. The standard InChI is InChI=1S/C38H33N/c1-3-4-5-6-8-13-31-20-28-36(29-21-31)39(35-14-9-7-10-15-35)38-17-12-11-16-37(38)34-26-24-33(25-27-34)32-22-18-30(2)19-23-32/h3-12,14-29H,1,13H2,2H3/b5-4-,8-6-. The van der Waals surface area contributed by atoms with Crippen LogP contribution in [0.3, 0.4) is 0 Å². The van der Waals surface area contributed by atoms with Crippen molar-refractivity contribution in [2.24, 2.45) is 0 Å². The lowest BCUT2D eigenvalue weighted by atomic mass is 9.98. The van der Waals surface area contributed by atoms with Crippen molar-refractivity contribution in [3.8, 4) is 22.3 Å². The molecule has 5 rings (SSSR count). The number of hydrogen-bond acceptors (Lipinski definition) is 1. The molecule has 0 aliphatic carbocycles. The Labute approximate surface area is 232 Å². The Hall–Kier alpha value is -4.88. The highest BCUT2D eigenvalue weighted by atomic mass is 15.1. The Morgan fingerprint density at radius 2 is 1.15 bits per heavy atom. The van der Waals surface area contributed by atoms with Gasteiger partial charge in [0.25, 0.3) is 0 Å². The molecule has 1 nitrogen and oxygen atoms in total. The van der Waals surface area contributed by atoms with E-state index < -0.39 is 0 Å². The van der Waals surface area contributed by atoms with Crippen molar-refractivity contribution in [2.75, 3.05) is 4.90 Å². The number of aryl methyl sites for hydroxylation is 1. The summed E-state index contributed by atoms with van der Waals surface area (Å²) in [5.74, 6) is 0. The van der Waals surface area contributed by atoms with Crippen LogP contribution in [0.2, 0.25) is 0 Å². The zero-order valence-corrected chi connectivity index (χ0v) is 22.4. The normalized spacial score (nSPS) is 11.2. The number of anilines is 3. The molecule has 0 saturated carbocycles. The highest BCUT2D eigenvalue weighted by molar-refractivity contribution is 5.88. The predicted molar refractivity (Wildman–Crippen MR) is 169 cm³/mol. The summed E-state index contributed by atoms with van der Waals surface area (Å²) in [5, 5.41) is 0. The molecule has 0 atom stereocenters. The van der Waals surface area contributed by atoms with Crippen LogP contribution in [0.5, 0.6) is 0 Å². The van der Waals surface area contributed by atoms with Crippen LogP contribution < -0.4 is 4.90 Å². The van der Waals surface area contributed by atoms with Crippen molar-refractivity contribution in [3.63, 3.8) is 0 Å². The lowest BCUT2D eigenvalue weighted by Gasteiger charge is -2.28. The quantitative estimate of drug-likeness (QED) is 0.181. The molecule has 0 amide bonds. The van der Waals surface area contributed by atoms with Crippen LogP contribution in [-0.2, 0) is 6.42 Å². The molecule has 0 radical (unpaired) electrons. The Balaban J connectivity index is 1.50. The summed E-state index contributed by atoms with van der Waals surface area (Å²) < 4.78 is 0. The molecule has 0 heterocycles. The first-order valence-corrected chi connectivity index (χ1v) is 13.4. The number of rotatable bonds is 9. The topological polar surface area (TPSA) is 3.24 Å². The van der Waals surface area contributed by atoms with Crippen LogP contribution >= 0.6 is 0 Å². The largest absolute Gasteiger partial charge is 0.310 e. The van der Waals surface area contributed by atoms with Crippen molar-refractivity contribution < 1.29 is 0 Å². The van der Waals surface area contributed by atoms with Crippen molar-refractivity contribution in [2.45, 2.75) is 13.3 Å². The third kappa shape index (κ3) is 6.34. The maximum absolute atomic E-state index is 3.71. The Morgan fingerprint density at radius 3 is 1.85 bits per heavy atom. The van der Waals surface area contributed by atoms with Crippen LogP contribution in [0.15, 0.2) is 164 Å². The van der Waals surface area contributed by atoms with Crippen LogP contribution in [0.25, 0.3) is 22.3 Å². The molecular weight excluding hydrogens is 470 g/mol. The van der Waals surface area contributed by atoms with Crippen molar-refractivity contribution in [1.82, 2.24) is 0 Å². The Morgan fingerprint density at radius 1 is 0.564 bits per heavy atom. The molecule has 5 aromatic carbocycles. The summed E-state index contributed by atoms with van der Waals surface area (Å²) in [6, 6.07) is 45.7. The average molecular weight is 504 g/mol. The summed E-state index contributed by atoms with van der Waals surface area (Å²) in [5.41, 5.74) is 10.8. The molecule has 0 bridgehead atoms. The maximum Gasteiger partial charge on any atom is 0.0540 e. The van der Waals surface area contributed by atoms with Gasteiger partial charge in [-0.1, -0.05) is 140 Å². The highest BCUT2D eigenvalue weighted by Gasteiger charge is 2.16. The van der Waals surface area contributed by atoms with Gasteiger partial charge in [-0.05, 0) is 65.9 Å². The zero-order chi connectivity index (χ0) is 26.9. The second-order valence-electron chi connectivity index (χ2n) is 9.55. The molecular formula is C38H33N. The molecule has 0 N–H and O–H groups in total. The molecule has 190 valence electrons. The van der Waals surface area contributed by atoms with Gasteiger partial charge in [-0.15, -0.1) is 0 Å². The van der Waals surface area contributed by atoms with Crippen LogP contribution in [-0.4, -0.2) is 0 Å². The molecule has 0 fully saturated rings. The van der Waals surface area contributed by atoms with Gasteiger partial charge in [0.2, 0.25) is 0 Å². The lowest BCUT2D eigenvalue weighted by Crippen LogP contribution is -2.11. The third-order valence-corrected chi connectivity index (χ3v) is 6.78. The van der Waals surface area contributed by atoms with Gasteiger partial charge >= 0.3 is 0 Å². The van der Waals surface area contributed by atoms with E-state index in [1.54, 1.807) is 6.08 Å². The second kappa shape index (κ2) is 12.6. The Bertz CT molecular complexity index is 1560. The SMILES string of the molecule is C=C/C=C\C=C/Cc1ccc(N(c2ccccc2)c2ccccc2-c2ccc(-c3ccc(C)cc3)cc2)cc1. The predicted octanol–water partition coefficient (Wildman–Crippen LogP) is 10.6. The molecule has 0 aliphatic heterocycles. The van der Waals surface area contributed by atoms with E-state index in [1.165, 1.54) is 33.4 Å². The molecule has 0 spiro atoms. The van der Waals surface area contributed by atoms with E-state index in [-0.39, 0.29) is 0 Å². The van der Waals surface area contributed by atoms with Crippen molar-refractivity contribution in [3.05, 3.63) is 175 Å². The van der Waals surface area contributed by atoms with E-state index in [0.29, 0.717) is 0 Å². The third-order valence-electron chi connectivity index (χ3n) is 6.78. The van der Waals surface area contributed by atoms with Gasteiger partial charge in [0.05, 0.1) is 5.69 Å². The van der Waals surface area contributed by atoms with Gasteiger partial charge in [-0.25, -0.2) is 0 Å². The Kier molecular flexibility index (Phi) is 8.31. The van der Waals surface area contributed by atoms with E-state index in [1.807, 2.05) is 12.2 Å². The molecule has 0 saturated heterocycles. The second-order valence-corrected chi connectivity index (χ2v) is 9.55. The average Bonchev–Trinajstić information content (AvgIpc) is 2.99. The van der Waals surface area contributed by atoms with Crippen LogP contribution in [0.4, 0.5) is 17.1 Å². The van der Waals surface area contributed by atoms with Gasteiger partial charge in [0.15, 0.2) is 0 Å². The zero-order valence-electron chi connectivity index (χ0n) is 22.4. The van der Waals surface area contributed by atoms with E-state index in [2.05, 4.69) is 158 Å². The minimum absolute atomic E-state index is 0.886. The van der Waals surface area contributed by atoms with E-state index in [0.717, 1.165) is 23.5 Å². The smallest absolute Gasteiger partial charge is 0.0540 e. The van der Waals surface area contributed by atoms with E-state index >= 15 is 0 Å². The number of para-hydroxylation sites is 2. The molecule has 0 unspecified atom stereocenters. The number of benzene rings is 5. The van der Waals surface area contributed by atoms with Gasteiger partial charge in [-0.2, -0.15) is 0 Å². The molecule has 39 heavy (non-hydrogen) atoms. The summed E-state index contributed by atoms with van der Waals surface area (Å²) in [6.07, 6.45) is 10.8. The number of nitrogens with zero attached hydrogens (tertiary/aromatic N) is 1. The fraction of sp³-hybridized carbons (Fsp3) is 0.0526. The summed E-state index contributed by atoms with van der Waals surface area (Å²) in [4.78, 5) is 2.34. The summed E-state index contributed by atoms with van der Waals surface area (Å²) in [6.45, 7) is 5.83. The molecule has 5 aromatic rings. The van der Waals surface area contributed by atoms with Crippen LogP contribution in [0.1, 0.15) is 11.1 Å². The number of hydrogen-bond donors (Lipinski definition) is 0. The molecule has 0 aromatic heterocycles. The fourth-order valence-electron chi connectivity index (χ4n) is 4.71. The van der Waals surface area contributed by atoms with Gasteiger partial charge < -0.3 is 4.90 Å². The monoisotopic (exact) mass is 503 g/mol. The summed E-state index contributed by atoms with van der Waals surface area (Å²) in [7, 11) is 0. The minimum atomic E-state index is 0.886. The fourth-order valence-corrected chi connectivity index (χ4v) is 4.71. The van der Waals surface area contributed by atoms with Crippen LogP contribution in [0, 0.1) is 6.92 Å². The van der Waals surface area contributed by atoms with Crippen molar-refractivity contribution in [1.29, 1.82) is 0 Å². The first-order chi connectivity index (χ1) is 19.2. The number of allylic oxidation sites excluding steroid dienone is 5. The van der Waals surface area contributed by atoms with Gasteiger partial charge in [0.1, 0.15) is 0 Å². The molecule has 0 aliphatic rings. The van der Waals surface area contributed by atoms with Gasteiger partial charge in [-0.3, -0.25) is 0 Å². The first kappa shape index (κ1) is 25.8. The molecule has 1 heteroatoms. The van der Waals surface area contributed by atoms with E-state index in [9.17, 15) is 0 Å². The van der Waals surface area contributed by atoms with Crippen molar-refractivity contribution >= 4 is 17.1 Å².